The first-order chi connectivity index (χ1) is 67.8. The molecular weight excluding hydrogens is 1730 g/mol. The second-order valence-corrected chi connectivity index (χ2v) is 34.8. The van der Waals surface area contributed by atoms with Crippen molar-refractivity contribution in [2.75, 3.05) is 125 Å². The SMILES string of the molecule is CCN(CC)Cc1ccc2c(c1)cc(C#CCNc1ccc(C)cc1)n2CC.CCN(CC)Cc1ccc2c(c1)cc(C#CCNc1ccc(Cl)cc1)n2CC.CCN(CC)Cc1ccc2c(c1)cc(C#CCNc1ccc(F)cc1)n2CC.CCN(CC)Cc1ccc2c(c1)cc(C#CCNc1ccccc1)n2CC.CCN(CC)Cc1ccc2c(c1)cc(C#CCNc1ccnc(C)c1)n2CC. The summed E-state index contributed by atoms with van der Waals surface area (Å²) in [7, 11) is 0. The molecule has 6 heterocycles. The first-order valence-electron chi connectivity index (χ1n) is 50.2. The van der Waals surface area contributed by atoms with E-state index in [0.29, 0.717) is 32.7 Å². The molecule has 0 aliphatic rings. The van der Waals surface area contributed by atoms with Gasteiger partial charge in [-0.15, -0.1) is 0 Å². The number of nitrogens with one attached hydrogen (secondary N) is 5. The lowest BCUT2D eigenvalue weighted by atomic mass is 10.1. The molecule has 0 saturated carbocycles. The Morgan fingerprint density at radius 3 is 0.770 bits per heavy atom. The summed E-state index contributed by atoms with van der Waals surface area (Å²) in [5, 5.41) is 23.6. The molecule has 15 aromatic rings. The first-order valence-corrected chi connectivity index (χ1v) is 50.6. The number of nitrogens with zero attached hydrogens (tertiary/aromatic N) is 11. The van der Waals surface area contributed by atoms with Crippen molar-refractivity contribution in [3.63, 3.8) is 0 Å². The van der Waals surface area contributed by atoms with Crippen molar-refractivity contribution in [3.8, 4) is 59.2 Å². The number of aromatic nitrogens is 6. The Kier molecular flexibility index (Phi) is 42.7. The number of hydrogen-bond donors (Lipinski definition) is 5. The lowest BCUT2D eigenvalue weighted by molar-refractivity contribution is 0.296. The van der Waals surface area contributed by atoms with Crippen LogP contribution in [0.4, 0.5) is 32.8 Å². The zero-order valence-corrected chi connectivity index (χ0v) is 86.2. The molecule has 0 spiro atoms. The molecule has 0 saturated heterocycles. The van der Waals surface area contributed by atoms with E-state index in [1.807, 2.05) is 67.7 Å². The van der Waals surface area contributed by atoms with Crippen LogP contribution in [0.15, 0.2) is 243 Å². The van der Waals surface area contributed by atoms with Crippen LogP contribution in [0, 0.1) is 78.9 Å². The van der Waals surface area contributed by atoms with Crippen LogP contribution in [0.25, 0.3) is 54.5 Å². The fourth-order valence-corrected chi connectivity index (χ4v) is 17.4. The van der Waals surface area contributed by atoms with Crippen molar-refractivity contribution in [1.82, 2.24) is 52.3 Å². The molecule has 0 atom stereocenters. The Morgan fingerprint density at radius 2 is 0.518 bits per heavy atom. The standard InChI is InChI=1S/C25H31N3.C24H28ClN3.C24H28FN3.C24H30N4.C24H29N3/c1-5-27(6-2)19-21-12-15-25-22(17-21)18-24(28(25)7-3)9-8-16-26-23-13-10-20(4)11-14-23;2*1-4-27(5-2)18-19-9-14-24-20(16-19)17-23(28(24)6-3)8-7-15-26-22-12-10-21(25)11-13-22;1-5-27(6-2)18-20-10-11-24-21(16-20)17-23(28(24)7-3)9-8-13-26-22-12-14-25-19(4)15-22;1-4-26(5-2)19-20-14-15-24-21(17-20)18-23(27(24)6-3)13-10-16-25-22-11-8-7-9-12-22/h10-15,17-18,26H,5-7,16,19H2,1-4H3;2*9-14,16-17,26H,4-6,15,18H2,1-3H3;10-12,14-17H,5-7,13,18H2,1-4H3,(H,25,26);7-9,11-12,14-15,17-18,25H,4-6,16,19H2,1-3H3. The molecule has 0 bridgehead atoms. The van der Waals surface area contributed by atoms with E-state index < -0.39 is 0 Å². The highest BCUT2D eigenvalue weighted by atomic mass is 35.5. The molecule has 0 aliphatic carbocycles. The Bertz CT molecular complexity index is 6320. The van der Waals surface area contributed by atoms with Crippen LogP contribution < -0.4 is 26.6 Å². The second-order valence-electron chi connectivity index (χ2n) is 34.4. The number of rotatable bonds is 35. The van der Waals surface area contributed by atoms with Crippen molar-refractivity contribution in [3.05, 3.63) is 321 Å². The molecule has 15 rings (SSSR count). The van der Waals surface area contributed by atoms with Gasteiger partial charge in [0.25, 0.3) is 0 Å². The summed E-state index contributed by atoms with van der Waals surface area (Å²) in [6, 6.07) is 81.6. The number of halogens is 2. The Morgan fingerprint density at radius 1 is 0.273 bits per heavy atom. The van der Waals surface area contributed by atoms with Gasteiger partial charge < -0.3 is 49.4 Å². The molecule has 16 nitrogen and oxygen atoms in total. The van der Waals surface area contributed by atoms with E-state index in [1.165, 1.54) is 100 Å². The monoisotopic (exact) mass is 1880 g/mol. The van der Waals surface area contributed by atoms with Crippen molar-refractivity contribution in [2.24, 2.45) is 0 Å². The van der Waals surface area contributed by atoms with Crippen molar-refractivity contribution in [1.29, 1.82) is 0 Å². The molecule has 0 aliphatic heterocycles. The lowest BCUT2D eigenvalue weighted by Gasteiger charge is -2.18. The molecule has 5 N–H and O–H groups in total. The Hall–Kier alpha value is -13.4. The van der Waals surface area contributed by atoms with E-state index in [9.17, 15) is 4.39 Å². The summed E-state index contributed by atoms with van der Waals surface area (Å²) < 4.78 is 24.4. The normalized spacial score (nSPS) is 10.9. The zero-order chi connectivity index (χ0) is 98.8. The highest BCUT2D eigenvalue weighted by molar-refractivity contribution is 6.30. The fourth-order valence-electron chi connectivity index (χ4n) is 17.3. The van der Waals surface area contributed by atoms with Crippen LogP contribution in [-0.2, 0) is 65.4 Å². The minimum Gasteiger partial charge on any atom is -0.374 e. The summed E-state index contributed by atoms with van der Waals surface area (Å²) in [5.41, 5.74) is 25.8. The van der Waals surface area contributed by atoms with Gasteiger partial charge in [-0.05, 0) is 347 Å². The van der Waals surface area contributed by atoms with Crippen molar-refractivity contribution < 1.29 is 4.39 Å². The molecule has 6 aromatic heterocycles. The third-order valence-corrected chi connectivity index (χ3v) is 25.6. The summed E-state index contributed by atoms with van der Waals surface area (Å²) >= 11 is 5.92. The maximum Gasteiger partial charge on any atom is 0.123 e. The third-order valence-electron chi connectivity index (χ3n) is 25.3. The predicted octanol–water partition coefficient (Wildman–Crippen LogP) is 25.6. The van der Waals surface area contributed by atoms with E-state index in [2.05, 4.69) is 407 Å². The van der Waals surface area contributed by atoms with Crippen LogP contribution in [0.5, 0.6) is 0 Å². The van der Waals surface area contributed by atoms with Crippen LogP contribution >= 0.6 is 11.6 Å². The van der Waals surface area contributed by atoms with Crippen molar-refractivity contribution in [2.45, 2.75) is 183 Å². The zero-order valence-electron chi connectivity index (χ0n) is 85.4. The van der Waals surface area contributed by atoms with E-state index >= 15 is 0 Å². The summed E-state index contributed by atoms with van der Waals surface area (Å²) in [6.45, 7) is 60.3. The number of hydrogen-bond acceptors (Lipinski definition) is 11. The van der Waals surface area contributed by atoms with Gasteiger partial charge in [0.1, 0.15) is 5.82 Å². The minimum absolute atomic E-state index is 0.232. The Labute approximate surface area is 834 Å². The molecule has 0 fully saturated rings. The highest BCUT2D eigenvalue weighted by Crippen LogP contribution is 2.29. The molecule has 9 aromatic carbocycles. The van der Waals surface area contributed by atoms with Gasteiger partial charge in [0.2, 0.25) is 0 Å². The van der Waals surface area contributed by atoms with Gasteiger partial charge >= 0.3 is 0 Å². The van der Waals surface area contributed by atoms with Gasteiger partial charge in [0.05, 0.1) is 61.2 Å². The maximum atomic E-state index is 13.0. The fraction of sp³-hybridized carbons (Fsp3) is 0.347. The van der Waals surface area contributed by atoms with Crippen LogP contribution in [0.1, 0.15) is 171 Å². The van der Waals surface area contributed by atoms with Gasteiger partial charge in [-0.1, -0.05) is 177 Å². The third kappa shape index (κ3) is 31.3. The quantitative estimate of drug-likeness (QED) is 0.0245. The first kappa shape index (κ1) is 106. The largest absolute Gasteiger partial charge is 0.374 e. The van der Waals surface area contributed by atoms with Gasteiger partial charge in [-0.2, -0.15) is 0 Å². The molecule has 0 unspecified atom stereocenters. The maximum absolute atomic E-state index is 13.0. The predicted molar refractivity (Wildman–Crippen MR) is 592 cm³/mol. The minimum atomic E-state index is -0.232. The number of pyridine rings is 1. The molecule has 724 valence electrons. The topological polar surface area (TPSA) is 114 Å². The summed E-state index contributed by atoms with van der Waals surface area (Å²) in [6.07, 6.45) is 1.82. The van der Waals surface area contributed by atoms with E-state index in [0.717, 1.165) is 199 Å². The number of anilines is 5. The second kappa shape index (κ2) is 55.9. The van der Waals surface area contributed by atoms with Gasteiger partial charge in [-0.3, -0.25) is 29.5 Å². The molecule has 139 heavy (non-hydrogen) atoms. The van der Waals surface area contributed by atoms with Crippen LogP contribution in [-0.4, -0.2) is 150 Å². The molecule has 0 amide bonds. The molecule has 18 heteroatoms. The molecule has 0 radical (unpaired) electrons. The van der Waals surface area contributed by atoms with E-state index in [-0.39, 0.29) is 5.82 Å². The van der Waals surface area contributed by atoms with Crippen molar-refractivity contribution >= 4 is 94.6 Å². The van der Waals surface area contributed by atoms with Gasteiger partial charge in [0, 0.05) is 165 Å². The van der Waals surface area contributed by atoms with E-state index in [4.69, 9.17) is 11.6 Å². The smallest absolute Gasteiger partial charge is 0.123 e. The number of benzene rings is 9. The molecular formula is C121H146ClFN16. The number of aryl methyl sites for hydroxylation is 7. The number of fused-ring (bicyclic) bond motifs is 5. The highest BCUT2D eigenvalue weighted by Gasteiger charge is 2.16. The number of para-hydroxylation sites is 1. The van der Waals surface area contributed by atoms with Crippen LogP contribution in [0.2, 0.25) is 5.02 Å². The lowest BCUT2D eigenvalue weighted by Crippen LogP contribution is -2.21. The van der Waals surface area contributed by atoms with E-state index in [1.54, 1.807) is 12.1 Å². The summed E-state index contributed by atoms with van der Waals surface area (Å²) in [4.78, 5) is 16.4. The summed E-state index contributed by atoms with van der Waals surface area (Å²) in [5.74, 6) is 32.7. The van der Waals surface area contributed by atoms with Crippen LogP contribution in [0.3, 0.4) is 0 Å². The van der Waals surface area contributed by atoms with Gasteiger partial charge in [0.15, 0.2) is 0 Å². The average Bonchev–Trinajstić information content (AvgIpc) is 1.67. The van der Waals surface area contributed by atoms with Gasteiger partial charge in [-0.25, -0.2) is 4.39 Å². The Balaban J connectivity index is 0.000000166. The average molecular weight is 1880 g/mol.